The molecule has 1 aromatic heterocycles. The Morgan fingerprint density at radius 3 is 2.88 bits per heavy atom. The molecule has 2 rings (SSSR count). The molecule has 1 aliphatic heterocycles. The predicted octanol–water partition coefficient (Wildman–Crippen LogP) is 0.380. The Labute approximate surface area is 101 Å². The van der Waals surface area contributed by atoms with Crippen molar-refractivity contribution in [1.29, 1.82) is 0 Å². The van der Waals surface area contributed by atoms with Crippen LogP contribution in [-0.2, 0) is 4.79 Å². The van der Waals surface area contributed by atoms with Crippen molar-refractivity contribution in [3.05, 3.63) is 23.9 Å². The number of carbonyl (C=O) groups excluding carboxylic acids is 1. The van der Waals surface area contributed by atoms with E-state index in [1.807, 2.05) is 31.0 Å². The second kappa shape index (κ2) is 4.71. The first-order chi connectivity index (χ1) is 8.09. The normalized spacial score (nSPS) is 18.4. The molecule has 1 aliphatic rings. The first-order valence-corrected chi connectivity index (χ1v) is 5.79. The van der Waals surface area contributed by atoms with Gasteiger partial charge in [0.05, 0.1) is 6.54 Å². The third-order valence-electron chi connectivity index (χ3n) is 3.06. The predicted molar refractivity (Wildman–Crippen MR) is 66.7 cm³/mol. The summed E-state index contributed by atoms with van der Waals surface area (Å²) in [7, 11) is 1.82. The standard InChI is InChI=1S/C12H18N4O/c1-9(13)10-4-3-5-14-12(10)16-7-6-15(2)11(17)8-16/h3-5,9H,6-8,13H2,1-2H3/t9-/m0/s1. The van der Waals surface area contributed by atoms with Gasteiger partial charge in [-0.3, -0.25) is 4.79 Å². The molecule has 0 radical (unpaired) electrons. The maximum absolute atomic E-state index is 11.7. The van der Waals surface area contributed by atoms with E-state index in [1.54, 1.807) is 11.1 Å². The number of rotatable bonds is 2. The molecule has 5 heteroatoms. The molecule has 5 nitrogen and oxygen atoms in total. The molecule has 0 bridgehead atoms. The molecule has 0 aliphatic carbocycles. The van der Waals surface area contributed by atoms with Crippen molar-refractivity contribution in [3.63, 3.8) is 0 Å². The Bertz CT molecular complexity index is 419. The lowest BCUT2D eigenvalue weighted by Gasteiger charge is -2.34. The summed E-state index contributed by atoms with van der Waals surface area (Å²) in [6.45, 7) is 3.85. The lowest BCUT2D eigenvalue weighted by Crippen LogP contribution is -2.49. The zero-order valence-electron chi connectivity index (χ0n) is 10.3. The Kier molecular flexibility index (Phi) is 3.28. The van der Waals surface area contributed by atoms with Crippen LogP contribution in [0.1, 0.15) is 18.5 Å². The van der Waals surface area contributed by atoms with E-state index in [9.17, 15) is 4.79 Å². The largest absolute Gasteiger partial charge is 0.345 e. The Morgan fingerprint density at radius 2 is 2.24 bits per heavy atom. The van der Waals surface area contributed by atoms with Gasteiger partial charge >= 0.3 is 0 Å². The molecule has 0 aromatic carbocycles. The molecule has 92 valence electrons. The van der Waals surface area contributed by atoms with E-state index in [1.165, 1.54) is 0 Å². The number of piperazine rings is 1. The maximum Gasteiger partial charge on any atom is 0.241 e. The smallest absolute Gasteiger partial charge is 0.241 e. The SMILES string of the molecule is C[C@H](N)c1cccnc1N1CCN(C)C(=O)C1. The van der Waals surface area contributed by atoms with Crippen molar-refractivity contribution in [2.45, 2.75) is 13.0 Å². The number of aromatic nitrogens is 1. The van der Waals surface area contributed by atoms with Crippen molar-refractivity contribution in [1.82, 2.24) is 9.88 Å². The van der Waals surface area contributed by atoms with Crippen molar-refractivity contribution < 1.29 is 4.79 Å². The van der Waals surface area contributed by atoms with Gasteiger partial charge in [-0.1, -0.05) is 6.07 Å². The molecule has 2 N–H and O–H groups in total. The molecule has 0 spiro atoms. The zero-order valence-corrected chi connectivity index (χ0v) is 10.3. The molecular weight excluding hydrogens is 216 g/mol. The van der Waals surface area contributed by atoms with E-state index >= 15 is 0 Å². The minimum atomic E-state index is -0.0755. The van der Waals surface area contributed by atoms with E-state index in [0.717, 1.165) is 24.5 Å². The second-order valence-electron chi connectivity index (χ2n) is 4.44. The average molecular weight is 234 g/mol. The van der Waals surface area contributed by atoms with Gasteiger partial charge in [0.2, 0.25) is 5.91 Å². The molecule has 17 heavy (non-hydrogen) atoms. The number of nitrogens with two attached hydrogens (primary N) is 1. The lowest BCUT2D eigenvalue weighted by molar-refractivity contribution is -0.129. The van der Waals surface area contributed by atoms with Crippen LogP contribution >= 0.6 is 0 Å². The van der Waals surface area contributed by atoms with Gasteiger partial charge in [-0.25, -0.2) is 4.98 Å². The van der Waals surface area contributed by atoms with Crippen molar-refractivity contribution in [2.24, 2.45) is 5.73 Å². The van der Waals surface area contributed by atoms with Crippen LogP contribution in [0.4, 0.5) is 5.82 Å². The van der Waals surface area contributed by atoms with E-state index in [2.05, 4.69) is 4.98 Å². The fraction of sp³-hybridized carbons (Fsp3) is 0.500. The molecule has 2 heterocycles. The number of amides is 1. The van der Waals surface area contributed by atoms with Gasteiger partial charge in [-0.2, -0.15) is 0 Å². The number of nitrogens with zero attached hydrogens (tertiary/aromatic N) is 3. The Morgan fingerprint density at radius 1 is 1.47 bits per heavy atom. The number of pyridine rings is 1. The van der Waals surface area contributed by atoms with E-state index in [-0.39, 0.29) is 11.9 Å². The van der Waals surface area contributed by atoms with Crippen molar-refractivity contribution in [3.8, 4) is 0 Å². The molecule has 1 atom stereocenters. The van der Waals surface area contributed by atoms with Crippen LogP contribution in [0.3, 0.4) is 0 Å². The molecular formula is C12H18N4O. The summed E-state index contributed by atoms with van der Waals surface area (Å²) >= 11 is 0. The summed E-state index contributed by atoms with van der Waals surface area (Å²) in [5.74, 6) is 0.960. The molecule has 0 saturated carbocycles. The Hall–Kier alpha value is -1.62. The fourth-order valence-electron chi connectivity index (χ4n) is 1.97. The lowest BCUT2D eigenvalue weighted by atomic mass is 10.1. The highest BCUT2D eigenvalue weighted by Gasteiger charge is 2.24. The molecule has 1 aromatic rings. The molecule has 1 amide bonds. The summed E-state index contributed by atoms with van der Waals surface area (Å²) in [4.78, 5) is 19.8. The summed E-state index contributed by atoms with van der Waals surface area (Å²) in [5, 5.41) is 0. The summed E-state index contributed by atoms with van der Waals surface area (Å²) < 4.78 is 0. The number of hydrogen-bond donors (Lipinski definition) is 1. The van der Waals surface area contributed by atoms with Gasteiger partial charge in [0, 0.05) is 37.9 Å². The van der Waals surface area contributed by atoms with Crippen LogP contribution in [-0.4, -0.2) is 42.5 Å². The summed E-state index contributed by atoms with van der Waals surface area (Å²) in [6, 6.07) is 3.77. The van der Waals surface area contributed by atoms with Gasteiger partial charge in [0.25, 0.3) is 0 Å². The van der Waals surface area contributed by atoms with Crippen LogP contribution in [0.5, 0.6) is 0 Å². The summed E-state index contributed by atoms with van der Waals surface area (Å²) in [5.41, 5.74) is 6.91. The summed E-state index contributed by atoms with van der Waals surface area (Å²) in [6.07, 6.45) is 1.74. The van der Waals surface area contributed by atoms with Gasteiger partial charge in [0.15, 0.2) is 0 Å². The van der Waals surface area contributed by atoms with E-state index in [0.29, 0.717) is 6.54 Å². The number of anilines is 1. The third-order valence-corrected chi connectivity index (χ3v) is 3.06. The number of hydrogen-bond acceptors (Lipinski definition) is 4. The van der Waals surface area contributed by atoms with E-state index < -0.39 is 0 Å². The van der Waals surface area contributed by atoms with Crippen LogP contribution in [0.2, 0.25) is 0 Å². The maximum atomic E-state index is 11.7. The number of carbonyl (C=O) groups is 1. The van der Waals surface area contributed by atoms with E-state index in [4.69, 9.17) is 5.73 Å². The fourth-order valence-corrected chi connectivity index (χ4v) is 1.97. The monoisotopic (exact) mass is 234 g/mol. The van der Waals surface area contributed by atoms with Crippen LogP contribution < -0.4 is 10.6 Å². The highest BCUT2D eigenvalue weighted by molar-refractivity contribution is 5.82. The van der Waals surface area contributed by atoms with Gasteiger partial charge in [-0.15, -0.1) is 0 Å². The zero-order chi connectivity index (χ0) is 12.4. The van der Waals surface area contributed by atoms with Gasteiger partial charge in [0.1, 0.15) is 5.82 Å². The highest BCUT2D eigenvalue weighted by atomic mass is 16.2. The quantitative estimate of drug-likeness (QED) is 0.803. The van der Waals surface area contributed by atoms with Crippen molar-refractivity contribution in [2.75, 3.05) is 31.6 Å². The van der Waals surface area contributed by atoms with Crippen LogP contribution in [0, 0.1) is 0 Å². The average Bonchev–Trinajstić information content (AvgIpc) is 2.32. The van der Waals surface area contributed by atoms with Gasteiger partial charge in [-0.05, 0) is 13.0 Å². The molecule has 0 unspecified atom stereocenters. The van der Waals surface area contributed by atoms with Crippen LogP contribution in [0.15, 0.2) is 18.3 Å². The first-order valence-electron chi connectivity index (χ1n) is 5.79. The first kappa shape index (κ1) is 11.9. The Balaban J connectivity index is 2.25. The van der Waals surface area contributed by atoms with Crippen molar-refractivity contribution >= 4 is 11.7 Å². The van der Waals surface area contributed by atoms with Gasteiger partial charge < -0.3 is 15.5 Å². The molecule has 1 saturated heterocycles. The second-order valence-corrected chi connectivity index (χ2v) is 4.44. The molecule has 1 fully saturated rings. The third kappa shape index (κ3) is 2.39. The number of likely N-dealkylation sites (N-methyl/N-ethyl adjacent to an activating group) is 1. The van der Waals surface area contributed by atoms with Crippen LogP contribution in [0.25, 0.3) is 0 Å². The minimum Gasteiger partial charge on any atom is -0.345 e. The minimum absolute atomic E-state index is 0.0755. The highest BCUT2D eigenvalue weighted by Crippen LogP contribution is 2.23. The topological polar surface area (TPSA) is 62.5 Å².